The highest BCUT2D eigenvalue weighted by Gasteiger charge is 2.43. The van der Waals surface area contributed by atoms with Crippen LogP contribution in [0.15, 0.2) is 0 Å². The molecule has 0 radical (unpaired) electrons. The van der Waals surface area contributed by atoms with E-state index in [1.54, 1.807) is 0 Å². The van der Waals surface area contributed by atoms with Crippen molar-refractivity contribution in [2.45, 2.75) is 45.2 Å². The first-order valence-electron chi connectivity index (χ1n) is 7.00. The van der Waals surface area contributed by atoms with Crippen molar-refractivity contribution in [3.05, 3.63) is 0 Å². The van der Waals surface area contributed by atoms with Crippen LogP contribution in [0.5, 0.6) is 0 Å². The van der Waals surface area contributed by atoms with Gasteiger partial charge in [-0.1, -0.05) is 13.3 Å². The standard InChI is InChI=1S/C13H23F3N2O/c1-2-17-7-4-8-18-12(19)10-5-3-6-11(9-10)13(14,15)16/h10-11,17H,2-9H2,1H3,(H,18,19). The second-order valence-electron chi connectivity index (χ2n) is 5.10. The van der Waals surface area contributed by atoms with E-state index in [-0.39, 0.29) is 18.7 Å². The van der Waals surface area contributed by atoms with Gasteiger partial charge < -0.3 is 10.6 Å². The number of halogens is 3. The second kappa shape index (κ2) is 7.72. The lowest BCUT2D eigenvalue weighted by atomic mass is 9.80. The van der Waals surface area contributed by atoms with Gasteiger partial charge in [0.05, 0.1) is 5.92 Å². The van der Waals surface area contributed by atoms with E-state index in [0.717, 1.165) is 19.5 Å². The van der Waals surface area contributed by atoms with Gasteiger partial charge in [-0.3, -0.25) is 4.79 Å². The molecule has 6 heteroatoms. The van der Waals surface area contributed by atoms with Gasteiger partial charge in [0, 0.05) is 12.5 Å². The Kier molecular flexibility index (Phi) is 6.62. The van der Waals surface area contributed by atoms with Gasteiger partial charge in [0.25, 0.3) is 0 Å². The molecule has 1 aliphatic carbocycles. The monoisotopic (exact) mass is 280 g/mol. The Bertz CT molecular complexity index is 282. The lowest BCUT2D eigenvalue weighted by Crippen LogP contribution is -2.38. The first-order valence-corrected chi connectivity index (χ1v) is 7.00. The predicted octanol–water partition coefficient (Wildman–Crippen LogP) is 2.47. The van der Waals surface area contributed by atoms with Crippen molar-refractivity contribution < 1.29 is 18.0 Å². The average Bonchev–Trinajstić information content (AvgIpc) is 2.37. The smallest absolute Gasteiger partial charge is 0.356 e. The molecule has 1 rings (SSSR count). The van der Waals surface area contributed by atoms with Crippen molar-refractivity contribution >= 4 is 5.91 Å². The number of alkyl halides is 3. The summed E-state index contributed by atoms with van der Waals surface area (Å²) in [6.07, 6.45) is -2.19. The minimum Gasteiger partial charge on any atom is -0.356 e. The molecule has 0 heterocycles. The van der Waals surface area contributed by atoms with Crippen molar-refractivity contribution in [1.82, 2.24) is 10.6 Å². The highest BCUT2D eigenvalue weighted by atomic mass is 19.4. The van der Waals surface area contributed by atoms with E-state index in [2.05, 4.69) is 10.6 Å². The van der Waals surface area contributed by atoms with E-state index in [1.165, 1.54) is 0 Å². The van der Waals surface area contributed by atoms with Crippen LogP contribution in [0.2, 0.25) is 0 Å². The average molecular weight is 280 g/mol. The molecule has 0 spiro atoms. The summed E-state index contributed by atoms with van der Waals surface area (Å²) in [6, 6.07) is 0. The van der Waals surface area contributed by atoms with Gasteiger partial charge in [-0.15, -0.1) is 0 Å². The molecule has 0 saturated heterocycles. The molecule has 112 valence electrons. The molecule has 2 atom stereocenters. The molecule has 2 unspecified atom stereocenters. The van der Waals surface area contributed by atoms with Gasteiger partial charge in [0.15, 0.2) is 0 Å². The largest absolute Gasteiger partial charge is 0.391 e. The van der Waals surface area contributed by atoms with Gasteiger partial charge in [0.1, 0.15) is 0 Å². The van der Waals surface area contributed by atoms with Crippen LogP contribution in [0.25, 0.3) is 0 Å². The van der Waals surface area contributed by atoms with E-state index < -0.39 is 18.0 Å². The lowest BCUT2D eigenvalue weighted by Gasteiger charge is -2.29. The van der Waals surface area contributed by atoms with Crippen LogP contribution >= 0.6 is 0 Å². The van der Waals surface area contributed by atoms with E-state index in [4.69, 9.17) is 0 Å². The zero-order valence-electron chi connectivity index (χ0n) is 11.4. The predicted molar refractivity (Wildman–Crippen MR) is 67.7 cm³/mol. The molecule has 0 aromatic heterocycles. The maximum atomic E-state index is 12.6. The van der Waals surface area contributed by atoms with Crippen molar-refractivity contribution in [3.8, 4) is 0 Å². The maximum absolute atomic E-state index is 12.6. The Balaban J connectivity index is 2.28. The third-order valence-electron chi connectivity index (χ3n) is 3.59. The van der Waals surface area contributed by atoms with Crippen molar-refractivity contribution in [3.63, 3.8) is 0 Å². The summed E-state index contributed by atoms with van der Waals surface area (Å²) in [5.74, 6) is -2.00. The molecule has 1 fully saturated rings. The fourth-order valence-corrected chi connectivity index (χ4v) is 2.47. The molecule has 0 aliphatic heterocycles. The summed E-state index contributed by atoms with van der Waals surface area (Å²) in [4.78, 5) is 11.8. The number of carbonyl (C=O) groups is 1. The third-order valence-corrected chi connectivity index (χ3v) is 3.59. The molecule has 0 aromatic rings. The Morgan fingerprint density at radius 1 is 1.26 bits per heavy atom. The van der Waals surface area contributed by atoms with Crippen LogP contribution in [0.4, 0.5) is 13.2 Å². The van der Waals surface area contributed by atoms with Gasteiger partial charge in [-0.25, -0.2) is 0 Å². The zero-order chi connectivity index (χ0) is 14.3. The Morgan fingerprint density at radius 2 is 2.00 bits per heavy atom. The summed E-state index contributed by atoms with van der Waals surface area (Å²) in [5, 5.41) is 5.87. The topological polar surface area (TPSA) is 41.1 Å². The molecular formula is C13H23F3N2O. The van der Waals surface area contributed by atoms with Crippen LogP contribution < -0.4 is 10.6 Å². The maximum Gasteiger partial charge on any atom is 0.391 e. The third kappa shape index (κ3) is 5.80. The van der Waals surface area contributed by atoms with Crippen molar-refractivity contribution in [2.24, 2.45) is 11.8 Å². The lowest BCUT2D eigenvalue weighted by molar-refractivity contribution is -0.186. The summed E-state index contributed by atoms with van der Waals surface area (Å²) in [5.41, 5.74) is 0. The van der Waals surface area contributed by atoms with E-state index >= 15 is 0 Å². The minimum absolute atomic E-state index is 0.0530. The quantitative estimate of drug-likeness (QED) is 0.734. The molecule has 19 heavy (non-hydrogen) atoms. The van der Waals surface area contributed by atoms with Gasteiger partial charge in [0.2, 0.25) is 5.91 Å². The summed E-state index contributed by atoms with van der Waals surface area (Å²) in [7, 11) is 0. The SMILES string of the molecule is CCNCCCNC(=O)C1CCCC(C(F)(F)F)C1. The molecule has 2 N–H and O–H groups in total. The Labute approximate surface area is 112 Å². The fraction of sp³-hybridized carbons (Fsp3) is 0.923. The van der Waals surface area contributed by atoms with Crippen LogP contribution in [-0.2, 0) is 4.79 Å². The zero-order valence-corrected chi connectivity index (χ0v) is 11.4. The van der Waals surface area contributed by atoms with Gasteiger partial charge >= 0.3 is 6.18 Å². The number of nitrogens with one attached hydrogen (secondary N) is 2. The number of amides is 1. The Hall–Kier alpha value is -0.780. The molecule has 1 amide bonds. The first-order chi connectivity index (χ1) is 8.95. The Morgan fingerprint density at radius 3 is 2.63 bits per heavy atom. The van der Waals surface area contributed by atoms with E-state index in [9.17, 15) is 18.0 Å². The molecule has 0 aromatic carbocycles. The second-order valence-corrected chi connectivity index (χ2v) is 5.10. The van der Waals surface area contributed by atoms with Crippen LogP contribution in [0.3, 0.4) is 0 Å². The number of hydrogen-bond acceptors (Lipinski definition) is 2. The number of rotatable bonds is 6. The van der Waals surface area contributed by atoms with Gasteiger partial charge in [-0.2, -0.15) is 13.2 Å². The van der Waals surface area contributed by atoms with E-state index in [1.807, 2.05) is 6.92 Å². The fourth-order valence-electron chi connectivity index (χ4n) is 2.47. The highest BCUT2D eigenvalue weighted by molar-refractivity contribution is 5.78. The van der Waals surface area contributed by atoms with Crippen LogP contribution in [0.1, 0.15) is 39.0 Å². The van der Waals surface area contributed by atoms with Crippen molar-refractivity contribution in [2.75, 3.05) is 19.6 Å². The van der Waals surface area contributed by atoms with Crippen LogP contribution in [-0.4, -0.2) is 31.7 Å². The minimum atomic E-state index is -4.16. The molecule has 0 bridgehead atoms. The molecule has 1 aliphatic rings. The number of hydrogen-bond donors (Lipinski definition) is 2. The molecular weight excluding hydrogens is 257 g/mol. The summed E-state index contributed by atoms with van der Waals surface area (Å²) < 4.78 is 37.9. The van der Waals surface area contributed by atoms with Crippen LogP contribution in [0, 0.1) is 11.8 Å². The highest BCUT2D eigenvalue weighted by Crippen LogP contribution is 2.39. The van der Waals surface area contributed by atoms with Gasteiger partial charge in [-0.05, 0) is 38.8 Å². The number of carbonyl (C=O) groups excluding carboxylic acids is 1. The first kappa shape index (κ1) is 16.3. The van der Waals surface area contributed by atoms with E-state index in [0.29, 0.717) is 19.4 Å². The van der Waals surface area contributed by atoms with Crippen molar-refractivity contribution in [1.29, 1.82) is 0 Å². The molecule has 1 saturated carbocycles. The molecule has 3 nitrogen and oxygen atoms in total. The normalized spacial score (nSPS) is 24.2. The summed E-state index contributed by atoms with van der Waals surface area (Å²) in [6.45, 7) is 4.22. The summed E-state index contributed by atoms with van der Waals surface area (Å²) >= 11 is 0.